The topological polar surface area (TPSA) is 118 Å². The fraction of sp³-hybridized carbons (Fsp3) is 0.625. The molecule has 2 saturated carbocycles. The van der Waals surface area contributed by atoms with Gasteiger partial charge in [0.15, 0.2) is 11.5 Å². The van der Waals surface area contributed by atoms with Gasteiger partial charge in [0, 0.05) is 18.3 Å². The summed E-state index contributed by atoms with van der Waals surface area (Å²) in [6.45, 7) is 4.77. The Kier molecular flexibility index (Phi) is 5.78. The normalized spacial score (nSPS) is 34.1. The molecule has 0 unspecified atom stereocenters. The Bertz CT molecular complexity index is 978. The van der Waals surface area contributed by atoms with E-state index >= 15 is 0 Å². The van der Waals surface area contributed by atoms with E-state index in [1.54, 1.807) is 12.1 Å². The van der Waals surface area contributed by atoms with Crippen molar-refractivity contribution in [1.82, 2.24) is 4.90 Å². The van der Waals surface area contributed by atoms with E-state index in [-0.39, 0.29) is 37.5 Å². The number of aliphatic hydroxyl groups is 2. The number of imide groups is 1. The zero-order chi connectivity index (χ0) is 23.3. The van der Waals surface area contributed by atoms with E-state index in [9.17, 15) is 19.8 Å². The number of likely N-dealkylation sites (tertiary alicyclic amines) is 1. The number of rotatable bonds is 5. The van der Waals surface area contributed by atoms with Gasteiger partial charge in [-0.25, -0.2) is 0 Å². The molecule has 0 bridgehead atoms. The Hall–Kier alpha value is -2.65. The summed E-state index contributed by atoms with van der Waals surface area (Å²) in [6.07, 6.45) is -0.761. The average molecular weight is 459 g/mol. The molecule has 2 amide bonds. The van der Waals surface area contributed by atoms with Crippen LogP contribution in [-0.4, -0.2) is 58.2 Å². The van der Waals surface area contributed by atoms with E-state index in [2.05, 4.69) is 5.16 Å². The number of oxime groups is 1. The van der Waals surface area contributed by atoms with E-state index in [1.807, 2.05) is 19.9 Å². The number of ether oxygens (including phenoxy) is 2. The molecule has 0 aromatic heterocycles. The Morgan fingerprint density at radius 2 is 1.88 bits per heavy atom. The van der Waals surface area contributed by atoms with E-state index in [4.69, 9.17) is 14.3 Å². The molecule has 1 aromatic rings. The van der Waals surface area contributed by atoms with Crippen molar-refractivity contribution in [2.75, 3.05) is 13.4 Å². The highest BCUT2D eigenvalue weighted by molar-refractivity contribution is 6.06. The molecule has 5 rings (SSSR count). The Labute approximate surface area is 192 Å². The molecule has 33 heavy (non-hydrogen) atoms. The average Bonchev–Trinajstić information content (AvgIpc) is 3.35. The maximum absolute atomic E-state index is 13.5. The number of fused-ring (bicyclic) bond motifs is 4. The van der Waals surface area contributed by atoms with E-state index in [0.29, 0.717) is 42.6 Å². The third-order valence-corrected chi connectivity index (χ3v) is 7.24. The van der Waals surface area contributed by atoms with Crippen molar-refractivity contribution >= 4 is 17.5 Å². The SMILES string of the molecule is CC(C)CON=C1C[C@@H](O)[C@@H](O)[C@@H]2[C@H]3C(=O)N(Cc4ccc5c(c4)OCO5)C(=O)[C@@H]3CC[C@@H]12. The number of benzene rings is 1. The number of aliphatic hydroxyl groups excluding tert-OH is 2. The predicted octanol–water partition coefficient (Wildman–Crippen LogP) is 1.70. The van der Waals surface area contributed by atoms with Crippen LogP contribution in [0.25, 0.3) is 0 Å². The van der Waals surface area contributed by atoms with Gasteiger partial charge >= 0.3 is 0 Å². The third-order valence-electron chi connectivity index (χ3n) is 7.24. The highest BCUT2D eigenvalue weighted by Gasteiger charge is 2.59. The van der Waals surface area contributed by atoms with E-state index in [1.165, 1.54) is 4.90 Å². The van der Waals surface area contributed by atoms with Crippen LogP contribution in [0.2, 0.25) is 0 Å². The molecule has 1 aromatic carbocycles. The summed E-state index contributed by atoms with van der Waals surface area (Å²) in [5, 5.41) is 25.7. The summed E-state index contributed by atoms with van der Waals surface area (Å²) in [5.41, 5.74) is 1.44. The van der Waals surface area contributed by atoms with Crippen LogP contribution in [0.3, 0.4) is 0 Å². The molecule has 4 aliphatic rings. The van der Waals surface area contributed by atoms with Crippen molar-refractivity contribution in [3.63, 3.8) is 0 Å². The maximum atomic E-state index is 13.5. The fourth-order valence-electron chi connectivity index (χ4n) is 5.69. The van der Waals surface area contributed by atoms with Crippen molar-refractivity contribution in [2.24, 2.45) is 34.7 Å². The zero-order valence-electron chi connectivity index (χ0n) is 18.8. The van der Waals surface area contributed by atoms with Gasteiger partial charge < -0.3 is 24.5 Å². The molecule has 2 heterocycles. The molecule has 2 aliphatic carbocycles. The third kappa shape index (κ3) is 3.87. The summed E-state index contributed by atoms with van der Waals surface area (Å²) < 4.78 is 10.7. The molecule has 0 spiro atoms. The van der Waals surface area contributed by atoms with Gasteiger partial charge in [-0.1, -0.05) is 25.1 Å². The molecule has 9 heteroatoms. The number of hydrogen-bond donors (Lipinski definition) is 2. The van der Waals surface area contributed by atoms with Crippen LogP contribution in [0.5, 0.6) is 11.5 Å². The van der Waals surface area contributed by atoms with Gasteiger partial charge in [-0.05, 0) is 36.5 Å². The molecule has 2 N–H and O–H groups in total. The van der Waals surface area contributed by atoms with E-state index < -0.39 is 30.0 Å². The second-order valence-electron chi connectivity index (χ2n) is 9.88. The maximum Gasteiger partial charge on any atom is 0.233 e. The van der Waals surface area contributed by atoms with Crippen molar-refractivity contribution in [2.45, 2.75) is 51.9 Å². The zero-order valence-corrected chi connectivity index (χ0v) is 18.8. The first-order chi connectivity index (χ1) is 15.8. The number of hydrogen-bond acceptors (Lipinski definition) is 8. The summed E-state index contributed by atoms with van der Waals surface area (Å²) in [7, 11) is 0. The van der Waals surface area contributed by atoms with Crippen LogP contribution in [-0.2, 0) is 21.0 Å². The van der Waals surface area contributed by atoms with Crippen molar-refractivity contribution in [3.8, 4) is 11.5 Å². The lowest BCUT2D eigenvalue weighted by molar-refractivity contribution is -0.142. The Balaban J connectivity index is 1.38. The molecular weight excluding hydrogens is 428 g/mol. The standard InChI is InChI=1S/C24H30N2O7/c1-12(2)10-33-25-16-8-17(27)22(28)20-14(16)4-5-15-21(20)24(30)26(23(15)29)9-13-3-6-18-19(7-13)32-11-31-18/h3,6-7,12,14-15,17,20-22,27-28H,4-5,8-11H2,1-2H3/t14-,15+,17+,20-,21-,22+/m0/s1. The van der Waals surface area contributed by atoms with Gasteiger partial charge in [-0.15, -0.1) is 0 Å². The van der Waals surface area contributed by atoms with Crippen LogP contribution in [0, 0.1) is 29.6 Å². The first kappa shape index (κ1) is 22.2. The predicted molar refractivity (Wildman–Crippen MR) is 116 cm³/mol. The summed E-state index contributed by atoms with van der Waals surface area (Å²) >= 11 is 0. The van der Waals surface area contributed by atoms with Crippen LogP contribution in [0.15, 0.2) is 23.4 Å². The number of amides is 2. The van der Waals surface area contributed by atoms with Crippen LogP contribution >= 0.6 is 0 Å². The first-order valence-electron chi connectivity index (χ1n) is 11.6. The quantitative estimate of drug-likeness (QED) is 0.509. The summed E-state index contributed by atoms with van der Waals surface area (Å²) in [6, 6.07) is 5.37. The molecule has 1 saturated heterocycles. The van der Waals surface area contributed by atoms with Crippen molar-refractivity contribution in [1.29, 1.82) is 0 Å². The van der Waals surface area contributed by atoms with Crippen LogP contribution in [0.1, 0.15) is 38.7 Å². The van der Waals surface area contributed by atoms with Gasteiger partial charge in [-0.3, -0.25) is 14.5 Å². The Morgan fingerprint density at radius 1 is 1.12 bits per heavy atom. The van der Waals surface area contributed by atoms with Crippen molar-refractivity contribution in [3.05, 3.63) is 23.8 Å². The molecule has 3 fully saturated rings. The molecular formula is C24H30N2O7. The van der Waals surface area contributed by atoms with Gasteiger partial charge in [0.2, 0.25) is 18.6 Å². The number of carbonyl (C=O) groups excluding carboxylic acids is 2. The van der Waals surface area contributed by atoms with Gasteiger partial charge in [0.1, 0.15) is 6.61 Å². The minimum atomic E-state index is -1.09. The minimum Gasteiger partial charge on any atom is -0.454 e. The van der Waals surface area contributed by atoms with Gasteiger partial charge in [0.05, 0.1) is 36.3 Å². The second-order valence-corrected chi connectivity index (χ2v) is 9.88. The largest absolute Gasteiger partial charge is 0.454 e. The lowest BCUT2D eigenvalue weighted by Gasteiger charge is -2.45. The smallest absolute Gasteiger partial charge is 0.233 e. The summed E-state index contributed by atoms with van der Waals surface area (Å²) in [4.78, 5) is 33.5. The molecule has 2 aliphatic heterocycles. The highest BCUT2D eigenvalue weighted by atomic mass is 16.7. The highest BCUT2D eigenvalue weighted by Crippen LogP contribution is 2.50. The minimum absolute atomic E-state index is 0.135. The van der Waals surface area contributed by atoms with Crippen LogP contribution < -0.4 is 9.47 Å². The summed E-state index contributed by atoms with van der Waals surface area (Å²) in [5.74, 6) is -0.908. The molecule has 0 radical (unpaired) electrons. The Morgan fingerprint density at radius 3 is 2.67 bits per heavy atom. The molecule has 178 valence electrons. The van der Waals surface area contributed by atoms with Crippen LogP contribution in [0.4, 0.5) is 0 Å². The molecule has 6 atom stereocenters. The van der Waals surface area contributed by atoms with Gasteiger partial charge in [-0.2, -0.15) is 0 Å². The molecule has 9 nitrogen and oxygen atoms in total. The van der Waals surface area contributed by atoms with E-state index in [0.717, 1.165) is 5.56 Å². The first-order valence-corrected chi connectivity index (χ1v) is 11.6. The lowest BCUT2D eigenvalue weighted by atomic mass is 9.60. The number of nitrogens with zero attached hydrogens (tertiary/aromatic N) is 2. The fourth-order valence-corrected chi connectivity index (χ4v) is 5.69. The van der Waals surface area contributed by atoms with Crippen molar-refractivity contribution < 1.29 is 34.1 Å². The second kappa shape index (κ2) is 8.61. The monoisotopic (exact) mass is 458 g/mol. The van der Waals surface area contributed by atoms with Gasteiger partial charge in [0.25, 0.3) is 0 Å². The lowest BCUT2D eigenvalue weighted by Crippen LogP contribution is -2.54. The number of carbonyl (C=O) groups is 2.